The molecular formula is C40H20S10. The number of rotatable bonds is 0. The summed E-state index contributed by atoms with van der Waals surface area (Å²) in [4.78, 5) is 0. The highest BCUT2D eigenvalue weighted by Gasteiger charge is 2.00. The summed E-state index contributed by atoms with van der Waals surface area (Å²) in [7, 11) is 0. The largest absolute Gasteiger partial charge is 0.134 e. The Morgan fingerprint density at radius 3 is 0.240 bits per heavy atom. The van der Waals surface area contributed by atoms with Crippen LogP contribution in [0.15, 0.2) is 121 Å². The van der Waals surface area contributed by atoms with Crippen molar-refractivity contribution in [2.75, 3.05) is 0 Å². The maximum absolute atomic E-state index is 2.30. The normalized spacial score (nSPS) is 12.0. The summed E-state index contributed by atoms with van der Waals surface area (Å²) in [5, 5.41) is 0. The maximum Gasteiger partial charge on any atom is 0.0449 e. The van der Waals surface area contributed by atoms with Gasteiger partial charge in [0.15, 0.2) is 0 Å². The Hall–Kier alpha value is -3.00. The molecule has 0 radical (unpaired) electrons. The van der Waals surface area contributed by atoms with Gasteiger partial charge in [-0.1, -0.05) is 0 Å². The van der Waals surface area contributed by atoms with Crippen molar-refractivity contribution in [2.24, 2.45) is 0 Å². The highest BCUT2D eigenvalue weighted by Crippen LogP contribution is 2.23. The third kappa shape index (κ3) is 5.40. The number of hydrogen-bond donors (Lipinski definition) is 0. The second-order valence-electron chi connectivity index (χ2n) is 11.6. The van der Waals surface area contributed by atoms with Gasteiger partial charge < -0.3 is 0 Å². The van der Waals surface area contributed by atoms with Crippen LogP contribution in [0.2, 0.25) is 0 Å². The molecule has 0 atom stereocenters. The third-order valence-electron chi connectivity index (χ3n) is 8.49. The fourth-order valence-corrected chi connectivity index (χ4v) is 17.0. The van der Waals surface area contributed by atoms with E-state index in [1.165, 1.54) is 90.6 Å². The summed E-state index contributed by atoms with van der Waals surface area (Å²) >= 11 is 19.0. The van der Waals surface area contributed by atoms with Crippen molar-refractivity contribution in [1.82, 2.24) is 0 Å². The molecule has 0 saturated heterocycles. The molecule has 0 fully saturated rings. The van der Waals surface area contributed by atoms with Crippen LogP contribution in [0, 0.1) is 90.6 Å². The SMILES string of the molecule is c1cc2sc1=c1ccc(s1)=c1ccc(s1)=c1ccc(s1)=c1ccc(s1)=c1ccc(s1)=c1ccc(s1)=c1ccc(s1)=c1ccc(s1)=c1ccc=2s1. The molecule has 0 amide bonds. The molecule has 11 heterocycles. The molecular weight excluding hydrogens is 801 g/mol. The maximum atomic E-state index is 2.30. The van der Waals surface area contributed by atoms with Crippen LogP contribution in [0.4, 0.5) is 0 Å². The summed E-state index contributed by atoms with van der Waals surface area (Å²) in [5.41, 5.74) is 0. The lowest BCUT2D eigenvalue weighted by Crippen LogP contribution is -1.52. The lowest BCUT2D eigenvalue weighted by atomic mass is 10.4. The van der Waals surface area contributed by atoms with Gasteiger partial charge in [0.1, 0.15) is 0 Å². The molecule has 0 saturated carbocycles. The minimum atomic E-state index is 1.34. The van der Waals surface area contributed by atoms with E-state index in [1.54, 1.807) is 0 Å². The van der Waals surface area contributed by atoms with Gasteiger partial charge in [-0.15, -0.1) is 113 Å². The molecule has 0 unspecified atom stereocenters. The molecule has 20 bridgehead atoms. The number of thiophene rings is 10. The standard InChI is InChI=1S/C40H20S10/c1-2-22-24-5-6-27(43-24)28-9-10-31(45-28)32-13-14-35(47-32)36-17-18-39(49-36)40-20-19-38(50-40)37-16-15-34(48-37)33-12-11-30(46-33)29-8-7-26(44-29)25-4-3-23(42-25)21(1)41-22/h1-20H. The van der Waals surface area contributed by atoms with E-state index in [0.29, 0.717) is 0 Å². The third-order valence-corrected chi connectivity index (χ3v) is 21.3. The van der Waals surface area contributed by atoms with Crippen LogP contribution < -0.4 is 0 Å². The van der Waals surface area contributed by atoms with Gasteiger partial charge in [-0.25, -0.2) is 0 Å². The Bertz CT molecular complexity index is 2840. The molecule has 0 N–H and O–H groups in total. The Morgan fingerprint density at radius 2 is 0.180 bits per heavy atom. The van der Waals surface area contributed by atoms with Crippen molar-refractivity contribution in [3.05, 3.63) is 212 Å². The molecule has 1 aliphatic rings. The molecule has 11 rings (SSSR count). The predicted molar refractivity (Wildman–Crippen MR) is 220 cm³/mol. The Morgan fingerprint density at radius 1 is 0.120 bits per heavy atom. The first kappa shape index (κ1) is 30.6. The first-order valence-corrected chi connectivity index (χ1v) is 23.9. The summed E-state index contributed by atoms with van der Waals surface area (Å²) in [6, 6.07) is 45.9. The van der Waals surface area contributed by atoms with Gasteiger partial charge in [0.05, 0.1) is 0 Å². The van der Waals surface area contributed by atoms with Crippen molar-refractivity contribution < 1.29 is 0 Å². The topological polar surface area (TPSA) is 0 Å². The van der Waals surface area contributed by atoms with Gasteiger partial charge in [0.2, 0.25) is 0 Å². The second kappa shape index (κ2) is 12.3. The van der Waals surface area contributed by atoms with Crippen LogP contribution in [-0.4, -0.2) is 0 Å². The predicted octanol–water partition coefficient (Wildman–Crippen LogP) is 13.5. The van der Waals surface area contributed by atoms with E-state index in [0.717, 1.165) is 0 Å². The van der Waals surface area contributed by atoms with E-state index >= 15 is 0 Å². The Balaban J connectivity index is 1.24. The zero-order valence-electron chi connectivity index (χ0n) is 25.6. The quantitative estimate of drug-likeness (QED) is 0.143. The molecule has 10 aromatic rings. The molecule has 10 aromatic heterocycles. The average Bonchev–Trinajstić information content (AvgIpc) is 4.01. The zero-order valence-corrected chi connectivity index (χ0v) is 33.8. The van der Waals surface area contributed by atoms with Crippen LogP contribution in [0.25, 0.3) is 0 Å². The fourth-order valence-electron chi connectivity index (χ4n) is 6.03. The first-order chi connectivity index (χ1) is 24.7. The van der Waals surface area contributed by atoms with E-state index in [4.69, 9.17) is 0 Å². The van der Waals surface area contributed by atoms with Gasteiger partial charge in [-0.2, -0.15) is 0 Å². The number of hydrogen-bond acceptors (Lipinski definition) is 10. The smallest absolute Gasteiger partial charge is 0.0449 e. The highest BCUT2D eigenvalue weighted by atomic mass is 32.1. The Labute approximate surface area is 321 Å². The fraction of sp³-hybridized carbons (Fsp3) is 0. The van der Waals surface area contributed by atoms with E-state index in [-0.39, 0.29) is 0 Å². The van der Waals surface area contributed by atoms with E-state index < -0.39 is 0 Å². The second-order valence-corrected chi connectivity index (χ2v) is 22.5. The number of fused-ring (bicyclic) bond motifs is 20. The van der Waals surface area contributed by atoms with Crippen molar-refractivity contribution >= 4 is 113 Å². The molecule has 0 nitrogen and oxygen atoms in total. The van der Waals surface area contributed by atoms with Gasteiger partial charge >= 0.3 is 0 Å². The van der Waals surface area contributed by atoms with Crippen molar-refractivity contribution in [2.45, 2.75) is 0 Å². The molecule has 240 valence electrons. The van der Waals surface area contributed by atoms with E-state index in [9.17, 15) is 0 Å². The zero-order chi connectivity index (χ0) is 32.8. The lowest BCUT2D eigenvalue weighted by molar-refractivity contribution is 1.72. The van der Waals surface area contributed by atoms with Gasteiger partial charge in [-0.05, 0) is 121 Å². The molecule has 10 heteroatoms. The summed E-state index contributed by atoms with van der Waals surface area (Å²) in [6.07, 6.45) is 0. The van der Waals surface area contributed by atoms with E-state index in [1.807, 2.05) is 113 Å². The van der Waals surface area contributed by atoms with Crippen LogP contribution in [0.1, 0.15) is 0 Å². The highest BCUT2D eigenvalue weighted by molar-refractivity contribution is 7.16. The average molecular weight is 821 g/mol. The van der Waals surface area contributed by atoms with Crippen molar-refractivity contribution in [3.8, 4) is 0 Å². The summed E-state index contributed by atoms with van der Waals surface area (Å²) in [5.74, 6) is 0. The van der Waals surface area contributed by atoms with Crippen molar-refractivity contribution in [1.29, 1.82) is 0 Å². The van der Waals surface area contributed by atoms with Crippen molar-refractivity contribution in [3.63, 3.8) is 0 Å². The lowest BCUT2D eigenvalue weighted by Gasteiger charge is -1.75. The van der Waals surface area contributed by atoms with Crippen LogP contribution in [0.3, 0.4) is 0 Å². The Kier molecular flexibility index (Phi) is 7.53. The minimum absolute atomic E-state index is 1.34. The molecule has 1 aliphatic heterocycles. The van der Waals surface area contributed by atoms with Gasteiger partial charge in [0, 0.05) is 90.6 Å². The molecule has 50 heavy (non-hydrogen) atoms. The van der Waals surface area contributed by atoms with Crippen LogP contribution in [-0.2, 0) is 0 Å². The molecule has 0 aliphatic carbocycles. The molecule has 0 aromatic carbocycles. The van der Waals surface area contributed by atoms with Crippen LogP contribution in [0.5, 0.6) is 0 Å². The minimum Gasteiger partial charge on any atom is -0.134 e. The van der Waals surface area contributed by atoms with E-state index in [2.05, 4.69) is 121 Å². The van der Waals surface area contributed by atoms with Gasteiger partial charge in [-0.3, -0.25) is 0 Å². The van der Waals surface area contributed by atoms with Gasteiger partial charge in [0.25, 0.3) is 0 Å². The monoisotopic (exact) mass is 820 g/mol. The summed E-state index contributed by atoms with van der Waals surface area (Å²) in [6.45, 7) is 0. The van der Waals surface area contributed by atoms with Crippen LogP contribution >= 0.6 is 113 Å². The first-order valence-electron chi connectivity index (χ1n) is 15.7. The molecule has 0 spiro atoms. The summed E-state index contributed by atoms with van der Waals surface area (Å²) < 4.78 is 26.7.